The zero-order valence-electron chi connectivity index (χ0n) is 12.6. The molecule has 0 saturated carbocycles. The quantitative estimate of drug-likeness (QED) is 0.836. The number of halogens is 1. The molecule has 0 N–H and O–H groups in total. The van der Waals surface area contributed by atoms with E-state index in [4.69, 9.17) is 4.74 Å². The highest BCUT2D eigenvalue weighted by atomic mass is 19.1. The van der Waals surface area contributed by atoms with Gasteiger partial charge in [-0.15, -0.1) is 0 Å². The highest BCUT2D eigenvalue weighted by molar-refractivity contribution is 5.83. The van der Waals surface area contributed by atoms with E-state index in [9.17, 15) is 9.18 Å². The van der Waals surface area contributed by atoms with Crippen LogP contribution < -0.4 is 0 Å². The van der Waals surface area contributed by atoms with Gasteiger partial charge in [0.15, 0.2) is 0 Å². The molecule has 1 unspecified atom stereocenters. The summed E-state index contributed by atoms with van der Waals surface area (Å²) in [6, 6.07) is 6.73. The molecule has 0 bridgehead atoms. The van der Waals surface area contributed by atoms with Gasteiger partial charge in [0.25, 0.3) is 0 Å². The van der Waals surface area contributed by atoms with Gasteiger partial charge in [0.1, 0.15) is 5.82 Å². The zero-order chi connectivity index (χ0) is 15.0. The molecule has 3 nitrogen and oxygen atoms in total. The molecular formula is C17H22FNO2. The number of hydrogen-bond donors (Lipinski definition) is 0. The normalized spacial score (nSPS) is 32.9. The van der Waals surface area contributed by atoms with E-state index < -0.39 is 5.41 Å². The van der Waals surface area contributed by atoms with Crippen LogP contribution in [0, 0.1) is 11.2 Å². The molecule has 4 heteroatoms. The van der Waals surface area contributed by atoms with Crippen molar-refractivity contribution in [1.29, 1.82) is 0 Å². The third-order valence-corrected chi connectivity index (χ3v) is 5.00. The van der Waals surface area contributed by atoms with Crippen LogP contribution in [-0.4, -0.2) is 30.1 Å². The van der Waals surface area contributed by atoms with Crippen LogP contribution >= 0.6 is 0 Å². The molecule has 1 amide bonds. The van der Waals surface area contributed by atoms with E-state index in [2.05, 4.69) is 0 Å². The van der Waals surface area contributed by atoms with Gasteiger partial charge in [-0.1, -0.05) is 19.1 Å². The van der Waals surface area contributed by atoms with E-state index >= 15 is 0 Å². The lowest BCUT2D eigenvalue weighted by atomic mass is 9.86. The number of rotatable bonds is 2. The first-order valence-electron chi connectivity index (χ1n) is 7.71. The maximum absolute atomic E-state index is 13.5. The summed E-state index contributed by atoms with van der Waals surface area (Å²) in [5, 5.41) is 0. The molecule has 3 rings (SSSR count). The van der Waals surface area contributed by atoms with Crippen LogP contribution in [-0.2, 0) is 9.53 Å². The molecule has 0 aromatic heterocycles. The second-order valence-electron chi connectivity index (χ2n) is 6.44. The van der Waals surface area contributed by atoms with Gasteiger partial charge >= 0.3 is 0 Å². The Bertz CT molecular complexity index is 547. The lowest BCUT2D eigenvalue weighted by Gasteiger charge is -2.34. The molecule has 21 heavy (non-hydrogen) atoms. The van der Waals surface area contributed by atoms with Gasteiger partial charge in [-0.25, -0.2) is 4.39 Å². The van der Waals surface area contributed by atoms with Gasteiger partial charge in [-0.05, 0) is 43.9 Å². The minimum Gasteiger partial charge on any atom is -0.378 e. The fraction of sp³-hybridized carbons (Fsp3) is 0.588. The number of fused-ring (bicyclic) bond motifs is 1. The van der Waals surface area contributed by atoms with Crippen molar-refractivity contribution in [2.45, 2.75) is 45.2 Å². The molecular weight excluding hydrogens is 269 g/mol. The minimum atomic E-state index is -0.468. The molecule has 0 radical (unpaired) electrons. The first kappa shape index (κ1) is 14.5. The van der Waals surface area contributed by atoms with Crippen molar-refractivity contribution in [2.24, 2.45) is 5.41 Å². The van der Waals surface area contributed by atoms with Crippen LogP contribution in [0.25, 0.3) is 0 Å². The smallest absolute Gasteiger partial charge is 0.231 e. The predicted octanol–water partition coefficient (Wildman–Crippen LogP) is 3.30. The Morgan fingerprint density at radius 3 is 2.95 bits per heavy atom. The van der Waals surface area contributed by atoms with Gasteiger partial charge in [0.05, 0.1) is 30.7 Å². The number of carbonyl (C=O) groups excluding carboxylic acids is 1. The second kappa shape index (κ2) is 5.41. The van der Waals surface area contributed by atoms with Gasteiger partial charge in [0, 0.05) is 0 Å². The molecule has 1 aromatic carbocycles. The van der Waals surface area contributed by atoms with E-state index in [0.29, 0.717) is 13.2 Å². The first-order valence-corrected chi connectivity index (χ1v) is 7.71. The number of ether oxygens (including phenoxy) is 1. The standard InChI is InChI=1S/C17H22FNO2/c1-3-17(2)11-21-10-14-7-8-15(19(14)16(17)20)12-5-4-6-13(18)9-12/h4-6,9,14-15H,3,7-8,10-11H2,1-2H3/t14-,15+,17?/m1/s1. The van der Waals surface area contributed by atoms with Crippen molar-refractivity contribution in [3.63, 3.8) is 0 Å². The molecule has 114 valence electrons. The summed E-state index contributed by atoms with van der Waals surface area (Å²) >= 11 is 0. The van der Waals surface area contributed by atoms with Gasteiger partial charge in [-0.2, -0.15) is 0 Å². The van der Waals surface area contributed by atoms with Crippen LogP contribution in [0.5, 0.6) is 0 Å². The Kier molecular flexibility index (Phi) is 3.74. The summed E-state index contributed by atoms with van der Waals surface area (Å²) in [7, 11) is 0. The molecule has 0 spiro atoms. The van der Waals surface area contributed by atoms with Crippen molar-refractivity contribution < 1.29 is 13.9 Å². The predicted molar refractivity (Wildman–Crippen MR) is 78.2 cm³/mol. The van der Waals surface area contributed by atoms with Crippen molar-refractivity contribution in [2.75, 3.05) is 13.2 Å². The Labute approximate surface area is 125 Å². The third kappa shape index (κ3) is 2.46. The van der Waals surface area contributed by atoms with Crippen LogP contribution in [0.2, 0.25) is 0 Å². The Morgan fingerprint density at radius 1 is 1.43 bits per heavy atom. The van der Waals surface area contributed by atoms with Gasteiger partial charge in [-0.3, -0.25) is 4.79 Å². The van der Waals surface area contributed by atoms with Crippen LogP contribution in [0.3, 0.4) is 0 Å². The molecule has 2 fully saturated rings. The van der Waals surface area contributed by atoms with E-state index in [0.717, 1.165) is 24.8 Å². The van der Waals surface area contributed by atoms with Crippen molar-refractivity contribution in [3.05, 3.63) is 35.6 Å². The Balaban J connectivity index is 1.96. The van der Waals surface area contributed by atoms with E-state index in [-0.39, 0.29) is 23.8 Å². The highest BCUT2D eigenvalue weighted by Gasteiger charge is 2.47. The second-order valence-corrected chi connectivity index (χ2v) is 6.44. The largest absolute Gasteiger partial charge is 0.378 e. The van der Waals surface area contributed by atoms with Crippen molar-refractivity contribution in [1.82, 2.24) is 4.90 Å². The van der Waals surface area contributed by atoms with E-state index in [1.807, 2.05) is 24.8 Å². The number of nitrogens with zero attached hydrogens (tertiary/aromatic N) is 1. The van der Waals surface area contributed by atoms with E-state index in [1.165, 1.54) is 6.07 Å². The maximum atomic E-state index is 13.5. The number of amides is 1. The fourth-order valence-corrected chi connectivity index (χ4v) is 3.44. The topological polar surface area (TPSA) is 29.5 Å². The lowest BCUT2D eigenvalue weighted by molar-refractivity contribution is -0.143. The molecule has 2 aliphatic heterocycles. The summed E-state index contributed by atoms with van der Waals surface area (Å²) in [6.07, 6.45) is 2.56. The minimum absolute atomic E-state index is 0.0224. The molecule has 1 aromatic rings. The monoisotopic (exact) mass is 291 g/mol. The molecule has 2 heterocycles. The van der Waals surface area contributed by atoms with Crippen molar-refractivity contribution in [3.8, 4) is 0 Å². The molecule has 3 atom stereocenters. The third-order valence-electron chi connectivity index (χ3n) is 5.00. The summed E-state index contributed by atoms with van der Waals surface area (Å²) in [5.41, 5.74) is 0.427. The fourth-order valence-electron chi connectivity index (χ4n) is 3.44. The Hall–Kier alpha value is -1.42. The highest BCUT2D eigenvalue weighted by Crippen LogP contribution is 2.42. The van der Waals surface area contributed by atoms with Crippen LogP contribution in [0.15, 0.2) is 24.3 Å². The maximum Gasteiger partial charge on any atom is 0.231 e. The van der Waals surface area contributed by atoms with Crippen LogP contribution in [0.4, 0.5) is 4.39 Å². The summed E-state index contributed by atoms with van der Waals surface area (Å²) in [5.74, 6) is -0.0908. The molecule has 2 saturated heterocycles. The SMILES string of the molecule is CCC1(C)COC[C@H]2CC[C@@H](c3cccc(F)c3)N2C1=O. The summed E-state index contributed by atoms with van der Waals surface area (Å²) in [4.78, 5) is 15.0. The van der Waals surface area contributed by atoms with Gasteiger partial charge < -0.3 is 9.64 Å². The average Bonchev–Trinajstić information content (AvgIpc) is 2.85. The Morgan fingerprint density at radius 2 is 2.24 bits per heavy atom. The van der Waals surface area contributed by atoms with E-state index in [1.54, 1.807) is 12.1 Å². The van der Waals surface area contributed by atoms with Gasteiger partial charge in [0.2, 0.25) is 5.91 Å². The first-order chi connectivity index (χ1) is 10.0. The zero-order valence-corrected chi connectivity index (χ0v) is 12.6. The summed E-state index contributed by atoms with van der Waals surface area (Å²) in [6.45, 7) is 5.06. The van der Waals surface area contributed by atoms with Crippen LogP contribution in [0.1, 0.15) is 44.7 Å². The summed E-state index contributed by atoms with van der Waals surface area (Å²) < 4.78 is 19.3. The molecule has 2 aliphatic rings. The number of benzene rings is 1. The van der Waals surface area contributed by atoms with Crippen molar-refractivity contribution >= 4 is 5.91 Å². The lowest BCUT2D eigenvalue weighted by Crippen LogP contribution is -2.45. The number of carbonyl (C=O) groups is 1. The average molecular weight is 291 g/mol. The number of hydrogen-bond acceptors (Lipinski definition) is 2. The molecule has 0 aliphatic carbocycles.